The quantitative estimate of drug-likeness (QED) is 0.655. The second-order valence-corrected chi connectivity index (χ2v) is 5.18. The molecule has 0 bridgehead atoms. The molecule has 0 fully saturated rings. The second-order valence-electron chi connectivity index (χ2n) is 5.18. The van der Waals surface area contributed by atoms with Crippen molar-refractivity contribution in [3.05, 3.63) is 57.7 Å². The molecule has 0 aliphatic rings. The Morgan fingerprint density at radius 1 is 1.48 bits per heavy atom. The number of hydrogen-bond acceptors (Lipinski definition) is 4. The van der Waals surface area contributed by atoms with Gasteiger partial charge in [0.15, 0.2) is 0 Å². The predicted molar refractivity (Wildman–Crippen MR) is 81.2 cm³/mol. The molecule has 1 heterocycles. The lowest BCUT2D eigenvalue weighted by Gasteiger charge is -2.14. The maximum atomic E-state index is 11.0. The van der Waals surface area contributed by atoms with Crippen LogP contribution in [0.3, 0.4) is 0 Å². The first-order valence-electron chi connectivity index (χ1n) is 6.93. The van der Waals surface area contributed by atoms with Crippen LogP contribution in [0.2, 0.25) is 0 Å². The molecule has 1 unspecified atom stereocenters. The van der Waals surface area contributed by atoms with E-state index in [2.05, 4.69) is 10.3 Å². The standard InChI is InChI=1S/C15H20N4O2/c1-11-4-5-13(10-14(11)19(20)21)12(2)16-7-6-15-17-8-9-18(15)3/h4-5,8-10,12,16H,6-7H2,1-3H3. The number of nitrogens with zero attached hydrogens (tertiary/aromatic N) is 3. The molecule has 0 spiro atoms. The molecule has 6 heteroatoms. The van der Waals surface area contributed by atoms with Gasteiger partial charge in [-0.05, 0) is 19.4 Å². The molecule has 1 aromatic heterocycles. The van der Waals surface area contributed by atoms with E-state index in [4.69, 9.17) is 0 Å². The number of rotatable bonds is 6. The summed E-state index contributed by atoms with van der Waals surface area (Å²) in [6.45, 7) is 4.53. The zero-order valence-corrected chi connectivity index (χ0v) is 12.5. The Morgan fingerprint density at radius 3 is 2.86 bits per heavy atom. The Labute approximate surface area is 124 Å². The van der Waals surface area contributed by atoms with Crippen molar-refractivity contribution >= 4 is 5.69 Å². The highest BCUT2D eigenvalue weighted by atomic mass is 16.6. The molecule has 1 N–H and O–H groups in total. The maximum absolute atomic E-state index is 11.0. The van der Waals surface area contributed by atoms with Gasteiger partial charge >= 0.3 is 0 Å². The number of hydrogen-bond donors (Lipinski definition) is 1. The lowest BCUT2D eigenvalue weighted by Crippen LogP contribution is -2.22. The van der Waals surface area contributed by atoms with E-state index in [1.54, 1.807) is 25.3 Å². The average Bonchev–Trinajstić information content (AvgIpc) is 2.84. The molecule has 0 aliphatic carbocycles. The molecule has 0 saturated heterocycles. The van der Waals surface area contributed by atoms with E-state index < -0.39 is 0 Å². The van der Waals surface area contributed by atoms with Crippen molar-refractivity contribution in [3.63, 3.8) is 0 Å². The van der Waals surface area contributed by atoms with Crippen LogP contribution in [0.25, 0.3) is 0 Å². The van der Waals surface area contributed by atoms with Crippen LogP contribution in [0.1, 0.15) is 29.9 Å². The highest BCUT2D eigenvalue weighted by Gasteiger charge is 2.14. The topological polar surface area (TPSA) is 73.0 Å². The largest absolute Gasteiger partial charge is 0.338 e. The number of aryl methyl sites for hydroxylation is 2. The van der Waals surface area contributed by atoms with Crippen molar-refractivity contribution < 1.29 is 4.92 Å². The highest BCUT2D eigenvalue weighted by molar-refractivity contribution is 5.43. The van der Waals surface area contributed by atoms with E-state index in [1.165, 1.54) is 0 Å². The Hall–Kier alpha value is -2.21. The number of aromatic nitrogens is 2. The summed E-state index contributed by atoms with van der Waals surface area (Å²) in [7, 11) is 1.97. The first-order valence-corrected chi connectivity index (χ1v) is 6.93. The third-order valence-electron chi connectivity index (χ3n) is 3.65. The molecule has 0 amide bonds. The Kier molecular flexibility index (Phi) is 4.70. The normalized spacial score (nSPS) is 12.3. The van der Waals surface area contributed by atoms with Gasteiger partial charge in [0.2, 0.25) is 0 Å². The van der Waals surface area contributed by atoms with Gasteiger partial charge in [-0.15, -0.1) is 0 Å². The third-order valence-corrected chi connectivity index (χ3v) is 3.65. The molecule has 21 heavy (non-hydrogen) atoms. The lowest BCUT2D eigenvalue weighted by molar-refractivity contribution is -0.385. The lowest BCUT2D eigenvalue weighted by atomic mass is 10.0. The smallest absolute Gasteiger partial charge is 0.272 e. The van der Waals surface area contributed by atoms with Crippen LogP contribution in [0.5, 0.6) is 0 Å². The van der Waals surface area contributed by atoms with E-state index in [0.29, 0.717) is 5.56 Å². The van der Waals surface area contributed by atoms with Gasteiger partial charge in [0.1, 0.15) is 5.82 Å². The Bertz CT molecular complexity index is 636. The Balaban J connectivity index is 1.97. The van der Waals surface area contributed by atoms with E-state index >= 15 is 0 Å². The fourth-order valence-electron chi connectivity index (χ4n) is 2.25. The molecule has 1 atom stereocenters. The van der Waals surface area contributed by atoms with Gasteiger partial charge in [0.05, 0.1) is 4.92 Å². The summed E-state index contributed by atoms with van der Waals surface area (Å²) < 4.78 is 1.99. The third kappa shape index (κ3) is 3.66. The zero-order valence-electron chi connectivity index (χ0n) is 12.5. The molecule has 0 radical (unpaired) electrons. The summed E-state index contributed by atoms with van der Waals surface area (Å²) in [5, 5.41) is 14.4. The fraction of sp³-hybridized carbons (Fsp3) is 0.400. The van der Waals surface area contributed by atoms with Crippen molar-refractivity contribution in [2.24, 2.45) is 7.05 Å². The molecule has 112 valence electrons. The van der Waals surface area contributed by atoms with E-state index in [0.717, 1.165) is 24.4 Å². The molecule has 6 nitrogen and oxygen atoms in total. The van der Waals surface area contributed by atoms with Crippen LogP contribution in [0.4, 0.5) is 5.69 Å². The number of nitrogens with one attached hydrogen (secondary N) is 1. The fourth-order valence-corrected chi connectivity index (χ4v) is 2.25. The second kappa shape index (κ2) is 6.49. The van der Waals surface area contributed by atoms with E-state index in [1.807, 2.05) is 30.8 Å². The minimum absolute atomic E-state index is 0.0598. The van der Waals surface area contributed by atoms with Gasteiger partial charge in [-0.2, -0.15) is 0 Å². The summed E-state index contributed by atoms with van der Waals surface area (Å²) in [6, 6.07) is 5.43. The van der Waals surface area contributed by atoms with Crippen molar-refractivity contribution in [2.75, 3.05) is 6.54 Å². The van der Waals surface area contributed by atoms with E-state index in [9.17, 15) is 10.1 Å². The summed E-state index contributed by atoms with van der Waals surface area (Å²) >= 11 is 0. The molecule has 0 aliphatic heterocycles. The molecular formula is C15H20N4O2. The maximum Gasteiger partial charge on any atom is 0.272 e. The number of nitro groups is 1. The Morgan fingerprint density at radius 2 is 2.24 bits per heavy atom. The van der Waals surface area contributed by atoms with Crippen LogP contribution in [-0.4, -0.2) is 21.0 Å². The van der Waals surface area contributed by atoms with E-state index in [-0.39, 0.29) is 16.7 Å². The summed E-state index contributed by atoms with van der Waals surface area (Å²) in [4.78, 5) is 14.9. The molecule has 0 saturated carbocycles. The first-order chi connectivity index (χ1) is 9.99. The number of nitro benzene ring substituents is 1. The van der Waals surface area contributed by atoms with Crippen molar-refractivity contribution in [3.8, 4) is 0 Å². The molecule has 1 aromatic carbocycles. The van der Waals surface area contributed by atoms with Gasteiger partial charge in [-0.25, -0.2) is 4.98 Å². The van der Waals surface area contributed by atoms with Gasteiger partial charge in [0, 0.05) is 50.1 Å². The van der Waals surface area contributed by atoms with Gasteiger partial charge in [0.25, 0.3) is 5.69 Å². The summed E-state index contributed by atoms with van der Waals surface area (Å²) in [5.74, 6) is 1.02. The van der Waals surface area contributed by atoms with Gasteiger partial charge < -0.3 is 9.88 Å². The van der Waals surface area contributed by atoms with Crippen molar-refractivity contribution in [2.45, 2.75) is 26.3 Å². The molecule has 2 rings (SSSR count). The zero-order chi connectivity index (χ0) is 15.4. The minimum atomic E-state index is -0.334. The average molecular weight is 288 g/mol. The molecule has 2 aromatic rings. The van der Waals surface area contributed by atoms with Crippen molar-refractivity contribution in [1.82, 2.24) is 14.9 Å². The van der Waals surface area contributed by atoms with Crippen LogP contribution in [-0.2, 0) is 13.5 Å². The predicted octanol–water partition coefficient (Wildman–Crippen LogP) is 2.53. The van der Waals surface area contributed by atoms with Crippen LogP contribution in [0, 0.1) is 17.0 Å². The SMILES string of the molecule is Cc1ccc(C(C)NCCc2nccn2C)cc1[N+](=O)[O-]. The van der Waals surface area contributed by atoms with Crippen LogP contribution < -0.4 is 5.32 Å². The number of imidazole rings is 1. The molecular weight excluding hydrogens is 268 g/mol. The monoisotopic (exact) mass is 288 g/mol. The van der Waals surface area contributed by atoms with Gasteiger partial charge in [-0.1, -0.05) is 12.1 Å². The summed E-state index contributed by atoms with van der Waals surface area (Å²) in [6.07, 6.45) is 4.52. The highest BCUT2D eigenvalue weighted by Crippen LogP contribution is 2.23. The van der Waals surface area contributed by atoms with Crippen LogP contribution in [0.15, 0.2) is 30.6 Å². The number of benzene rings is 1. The van der Waals surface area contributed by atoms with Crippen LogP contribution >= 0.6 is 0 Å². The first kappa shape index (κ1) is 15.2. The van der Waals surface area contributed by atoms with Crippen molar-refractivity contribution in [1.29, 1.82) is 0 Å². The minimum Gasteiger partial charge on any atom is -0.338 e. The van der Waals surface area contributed by atoms with Gasteiger partial charge in [-0.3, -0.25) is 10.1 Å². The summed E-state index contributed by atoms with van der Waals surface area (Å²) in [5.41, 5.74) is 1.78.